The number of ether oxygens (including phenoxy) is 1. The van der Waals surface area contributed by atoms with Crippen LogP contribution in [0.1, 0.15) is 32.6 Å². The van der Waals surface area contributed by atoms with Gasteiger partial charge in [-0.15, -0.1) is 0 Å². The average Bonchev–Trinajstić information content (AvgIpc) is 2.01. The fourth-order valence-corrected chi connectivity index (χ4v) is 1.53. The zero-order valence-electron chi connectivity index (χ0n) is 7.79. The van der Waals surface area contributed by atoms with Gasteiger partial charge in [0, 0.05) is 19.1 Å². The van der Waals surface area contributed by atoms with Crippen LogP contribution in [0, 0.1) is 11.8 Å². The predicted octanol–water partition coefficient (Wildman–Crippen LogP) is 2.03. The fourth-order valence-electron chi connectivity index (χ4n) is 1.53. The second-order valence-electron chi connectivity index (χ2n) is 3.66. The first-order chi connectivity index (χ1) is 5.86. The number of rotatable bonds is 6. The Morgan fingerprint density at radius 1 is 1.50 bits per heavy atom. The smallest absolute Gasteiger partial charge is 0.123 e. The Morgan fingerprint density at radius 2 is 2.25 bits per heavy atom. The molecule has 0 aromatic rings. The van der Waals surface area contributed by atoms with Crippen molar-refractivity contribution in [2.24, 2.45) is 11.8 Å². The summed E-state index contributed by atoms with van der Waals surface area (Å²) in [5.41, 5.74) is 0. The van der Waals surface area contributed by atoms with Crippen LogP contribution >= 0.6 is 0 Å². The summed E-state index contributed by atoms with van der Waals surface area (Å²) in [6, 6.07) is 0. The maximum absolute atomic E-state index is 10.3. The molecular weight excluding hydrogens is 152 g/mol. The minimum absolute atomic E-state index is 0.338. The van der Waals surface area contributed by atoms with Crippen LogP contribution in [0.4, 0.5) is 0 Å². The highest BCUT2D eigenvalue weighted by molar-refractivity contribution is 5.54. The Bertz CT molecular complexity index is 128. The molecule has 1 saturated carbocycles. The van der Waals surface area contributed by atoms with Crippen LogP contribution in [0.15, 0.2) is 0 Å². The standard InChI is InChI=1S/C10H18O2/c1-2-3-4-12-8-10-5-9(6-10)7-11/h7,9-10H,2-6,8H2,1H3/t9-,10+. The molecule has 0 atom stereocenters. The summed E-state index contributed by atoms with van der Waals surface area (Å²) in [4.78, 5) is 10.3. The molecule has 0 aliphatic heterocycles. The largest absolute Gasteiger partial charge is 0.381 e. The van der Waals surface area contributed by atoms with Crippen molar-refractivity contribution in [3.05, 3.63) is 0 Å². The van der Waals surface area contributed by atoms with Crippen molar-refractivity contribution in [1.82, 2.24) is 0 Å². The van der Waals surface area contributed by atoms with E-state index in [0.717, 1.165) is 38.8 Å². The van der Waals surface area contributed by atoms with Gasteiger partial charge in [-0.05, 0) is 25.2 Å². The molecule has 0 amide bonds. The molecule has 12 heavy (non-hydrogen) atoms. The molecule has 0 spiro atoms. The highest BCUT2D eigenvalue weighted by atomic mass is 16.5. The SMILES string of the molecule is CCCCOC[C@H]1C[C@@H](C=O)C1. The minimum atomic E-state index is 0.338. The van der Waals surface area contributed by atoms with Crippen LogP contribution in [-0.4, -0.2) is 19.5 Å². The van der Waals surface area contributed by atoms with Gasteiger partial charge in [-0.25, -0.2) is 0 Å². The zero-order valence-corrected chi connectivity index (χ0v) is 7.79. The third-order valence-electron chi connectivity index (χ3n) is 2.46. The van der Waals surface area contributed by atoms with Crippen molar-refractivity contribution in [3.63, 3.8) is 0 Å². The monoisotopic (exact) mass is 170 g/mol. The highest BCUT2D eigenvalue weighted by Gasteiger charge is 2.28. The van der Waals surface area contributed by atoms with Gasteiger partial charge in [0.2, 0.25) is 0 Å². The van der Waals surface area contributed by atoms with E-state index in [9.17, 15) is 4.79 Å². The van der Waals surface area contributed by atoms with Gasteiger partial charge in [-0.1, -0.05) is 13.3 Å². The molecule has 70 valence electrons. The van der Waals surface area contributed by atoms with Crippen LogP contribution < -0.4 is 0 Å². The number of aldehydes is 1. The Labute approximate surface area is 74.3 Å². The van der Waals surface area contributed by atoms with E-state index in [2.05, 4.69) is 6.92 Å². The maximum Gasteiger partial charge on any atom is 0.123 e. The van der Waals surface area contributed by atoms with Gasteiger partial charge >= 0.3 is 0 Å². The average molecular weight is 170 g/mol. The van der Waals surface area contributed by atoms with Gasteiger partial charge in [-0.2, -0.15) is 0 Å². The number of hydrogen-bond donors (Lipinski definition) is 0. The minimum Gasteiger partial charge on any atom is -0.381 e. The number of carbonyl (C=O) groups is 1. The van der Waals surface area contributed by atoms with Crippen molar-refractivity contribution in [2.45, 2.75) is 32.6 Å². The Hall–Kier alpha value is -0.370. The van der Waals surface area contributed by atoms with E-state index in [1.165, 1.54) is 6.42 Å². The van der Waals surface area contributed by atoms with E-state index in [0.29, 0.717) is 11.8 Å². The fraction of sp³-hybridized carbons (Fsp3) is 0.900. The number of carbonyl (C=O) groups excluding carboxylic acids is 1. The van der Waals surface area contributed by atoms with Gasteiger partial charge in [0.1, 0.15) is 6.29 Å². The highest BCUT2D eigenvalue weighted by Crippen LogP contribution is 2.31. The summed E-state index contributed by atoms with van der Waals surface area (Å²) in [6.45, 7) is 3.91. The summed E-state index contributed by atoms with van der Waals surface area (Å²) in [7, 11) is 0. The number of hydrogen-bond acceptors (Lipinski definition) is 2. The van der Waals surface area contributed by atoms with Crippen molar-refractivity contribution in [3.8, 4) is 0 Å². The van der Waals surface area contributed by atoms with E-state index in [1.54, 1.807) is 0 Å². The summed E-state index contributed by atoms with van der Waals surface area (Å²) >= 11 is 0. The first-order valence-corrected chi connectivity index (χ1v) is 4.89. The van der Waals surface area contributed by atoms with E-state index < -0.39 is 0 Å². The predicted molar refractivity (Wildman–Crippen MR) is 48.0 cm³/mol. The summed E-state index contributed by atoms with van der Waals surface area (Å²) in [5.74, 6) is 1.00. The van der Waals surface area contributed by atoms with Crippen molar-refractivity contribution >= 4 is 6.29 Å². The Kier molecular flexibility index (Phi) is 4.30. The lowest BCUT2D eigenvalue weighted by molar-refractivity contribution is -0.115. The van der Waals surface area contributed by atoms with Gasteiger partial charge in [0.05, 0.1) is 0 Å². The van der Waals surface area contributed by atoms with Gasteiger partial charge in [0.15, 0.2) is 0 Å². The molecule has 0 saturated heterocycles. The van der Waals surface area contributed by atoms with Crippen LogP contribution in [0.25, 0.3) is 0 Å². The lowest BCUT2D eigenvalue weighted by Gasteiger charge is -2.31. The molecule has 0 radical (unpaired) electrons. The summed E-state index contributed by atoms with van der Waals surface area (Å²) in [5, 5.41) is 0. The topological polar surface area (TPSA) is 26.3 Å². The third-order valence-corrected chi connectivity index (χ3v) is 2.46. The maximum atomic E-state index is 10.3. The molecule has 1 rings (SSSR count). The van der Waals surface area contributed by atoms with Crippen molar-refractivity contribution < 1.29 is 9.53 Å². The Balaban J connectivity index is 1.86. The molecule has 1 aliphatic rings. The first-order valence-electron chi connectivity index (χ1n) is 4.89. The van der Waals surface area contributed by atoms with Crippen LogP contribution in [0.5, 0.6) is 0 Å². The van der Waals surface area contributed by atoms with E-state index in [1.807, 2.05) is 0 Å². The molecule has 0 aromatic carbocycles. The van der Waals surface area contributed by atoms with E-state index >= 15 is 0 Å². The molecule has 0 N–H and O–H groups in total. The van der Waals surface area contributed by atoms with Crippen LogP contribution in [0.3, 0.4) is 0 Å². The second kappa shape index (κ2) is 5.31. The van der Waals surface area contributed by atoms with Crippen molar-refractivity contribution in [2.75, 3.05) is 13.2 Å². The van der Waals surface area contributed by atoms with Gasteiger partial charge < -0.3 is 9.53 Å². The molecule has 2 heteroatoms. The van der Waals surface area contributed by atoms with Crippen LogP contribution in [0.2, 0.25) is 0 Å². The lowest BCUT2D eigenvalue weighted by Crippen LogP contribution is -2.28. The number of unbranched alkanes of at least 4 members (excludes halogenated alkanes) is 1. The summed E-state index contributed by atoms with van der Waals surface area (Å²) in [6.07, 6.45) is 5.53. The van der Waals surface area contributed by atoms with E-state index in [4.69, 9.17) is 4.74 Å². The quantitative estimate of drug-likeness (QED) is 0.450. The van der Waals surface area contributed by atoms with Gasteiger partial charge in [-0.3, -0.25) is 0 Å². The molecule has 0 bridgehead atoms. The lowest BCUT2D eigenvalue weighted by atomic mass is 9.76. The normalized spacial score (nSPS) is 28.1. The first kappa shape index (κ1) is 9.72. The van der Waals surface area contributed by atoms with Crippen LogP contribution in [-0.2, 0) is 9.53 Å². The Morgan fingerprint density at radius 3 is 2.83 bits per heavy atom. The van der Waals surface area contributed by atoms with E-state index in [-0.39, 0.29) is 0 Å². The molecule has 0 heterocycles. The molecule has 1 aliphatic carbocycles. The molecular formula is C10H18O2. The van der Waals surface area contributed by atoms with Crippen molar-refractivity contribution in [1.29, 1.82) is 0 Å². The molecule has 2 nitrogen and oxygen atoms in total. The van der Waals surface area contributed by atoms with Gasteiger partial charge in [0.25, 0.3) is 0 Å². The molecule has 0 aromatic heterocycles. The summed E-state index contributed by atoms with van der Waals surface area (Å²) < 4.78 is 5.45. The molecule has 0 unspecified atom stereocenters. The second-order valence-corrected chi connectivity index (χ2v) is 3.66. The third kappa shape index (κ3) is 2.94. The zero-order chi connectivity index (χ0) is 8.81. The molecule has 1 fully saturated rings.